The average Bonchev–Trinajstić information content (AvgIpc) is 3.15. The fraction of sp³-hybridized carbons (Fsp3) is 0.692. The second-order valence-corrected chi connectivity index (χ2v) is 10.5. The van der Waals surface area contributed by atoms with Crippen molar-refractivity contribution in [2.24, 2.45) is 17.3 Å². The Morgan fingerprint density at radius 2 is 1.94 bits per heavy atom. The van der Waals surface area contributed by atoms with Crippen LogP contribution >= 0.6 is 0 Å². The number of fused-ring (bicyclic) bond motifs is 1. The highest BCUT2D eigenvalue weighted by atomic mass is 19.4. The van der Waals surface area contributed by atoms with Gasteiger partial charge in [0.15, 0.2) is 6.73 Å². The molecule has 3 atom stereocenters. The van der Waals surface area contributed by atoms with E-state index in [0.717, 1.165) is 57.3 Å². The van der Waals surface area contributed by atoms with Gasteiger partial charge < -0.3 is 19.3 Å². The Bertz CT molecular complexity index is 951. The van der Waals surface area contributed by atoms with Crippen molar-refractivity contribution in [1.82, 2.24) is 9.80 Å². The number of halogens is 3. The number of hydrogen-bond acceptors (Lipinski definition) is 5. The molecule has 2 aliphatic heterocycles. The van der Waals surface area contributed by atoms with E-state index < -0.39 is 17.2 Å². The van der Waals surface area contributed by atoms with Crippen LogP contribution in [0.5, 0.6) is 5.75 Å². The molecule has 3 aliphatic rings. The topological polar surface area (TPSA) is 59.1 Å². The van der Waals surface area contributed by atoms with Gasteiger partial charge in [-0.15, -0.1) is 0 Å². The summed E-state index contributed by atoms with van der Waals surface area (Å²) in [4.78, 5) is 29.9. The maximum Gasteiger partial charge on any atom is 0.416 e. The Hall–Kier alpha value is -2.29. The van der Waals surface area contributed by atoms with Crippen LogP contribution in [0.15, 0.2) is 18.2 Å². The predicted octanol–water partition coefficient (Wildman–Crippen LogP) is 4.85. The first-order chi connectivity index (χ1) is 16.5. The Morgan fingerprint density at radius 3 is 2.63 bits per heavy atom. The van der Waals surface area contributed by atoms with Gasteiger partial charge in [-0.1, -0.05) is 13.8 Å². The van der Waals surface area contributed by atoms with Gasteiger partial charge in [0.2, 0.25) is 5.91 Å². The normalized spacial score (nSPS) is 27.8. The van der Waals surface area contributed by atoms with Gasteiger partial charge >= 0.3 is 12.1 Å². The summed E-state index contributed by atoms with van der Waals surface area (Å²) >= 11 is 0. The number of hydrogen-bond donors (Lipinski definition) is 0. The molecule has 0 N–H and O–H groups in total. The molecule has 4 rings (SSSR count). The van der Waals surface area contributed by atoms with Gasteiger partial charge in [0.25, 0.3) is 0 Å². The van der Waals surface area contributed by atoms with Crippen LogP contribution in [0.1, 0.15) is 63.5 Å². The maximum atomic E-state index is 13.9. The van der Waals surface area contributed by atoms with Crippen molar-refractivity contribution in [2.45, 2.75) is 71.1 Å². The van der Waals surface area contributed by atoms with E-state index >= 15 is 0 Å². The van der Waals surface area contributed by atoms with Crippen LogP contribution in [0, 0.1) is 17.3 Å². The van der Waals surface area contributed by atoms with E-state index in [9.17, 15) is 22.8 Å². The molecule has 6 nitrogen and oxygen atoms in total. The number of esters is 1. The van der Waals surface area contributed by atoms with Crippen LogP contribution < -0.4 is 4.74 Å². The zero-order chi connectivity index (χ0) is 25.4. The minimum absolute atomic E-state index is 0.0414. The van der Waals surface area contributed by atoms with Gasteiger partial charge in [0, 0.05) is 11.6 Å². The molecule has 35 heavy (non-hydrogen) atoms. The van der Waals surface area contributed by atoms with Gasteiger partial charge in [0.05, 0.1) is 30.6 Å². The molecule has 0 radical (unpaired) electrons. The Balaban J connectivity index is 1.47. The second kappa shape index (κ2) is 9.99. The summed E-state index contributed by atoms with van der Waals surface area (Å²) in [6, 6.07) is 3.68. The van der Waals surface area contributed by atoms with Crippen LogP contribution in [0.2, 0.25) is 0 Å². The molecular formula is C26H35F3N2O4. The zero-order valence-electron chi connectivity index (χ0n) is 20.7. The summed E-state index contributed by atoms with van der Waals surface area (Å²) in [7, 11) is 1.43. The molecule has 9 heteroatoms. The van der Waals surface area contributed by atoms with E-state index in [-0.39, 0.29) is 43.0 Å². The van der Waals surface area contributed by atoms with Crippen molar-refractivity contribution >= 4 is 11.9 Å². The van der Waals surface area contributed by atoms with Crippen LogP contribution in [0.4, 0.5) is 13.2 Å². The van der Waals surface area contributed by atoms with E-state index in [1.807, 2.05) is 0 Å². The predicted molar refractivity (Wildman–Crippen MR) is 123 cm³/mol. The number of benzene rings is 1. The second-order valence-electron chi connectivity index (χ2n) is 10.5. The lowest BCUT2D eigenvalue weighted by atomic mass is 9.74. The summed E-state index contributed by atoms with van der Waals surface area (Å²) in [5.41, 5.74) is -0.935. The van der Waals surface area contributed by atoms with E-state index in [0.29, 0.717) is 17.7 Å². The highest BCUT2D eigenvalue weighted by molar-refractivity contribution is 5.83. The summed E-state index contributed by atoms with van der Waals surface area (Å²) in [5.74, 6) is 0.215. The lowest BCUT2D eigenvalue weighted by molar-refractivity contribution is -0.150. The molecule has 1 aliphatic carbocycles. The quantitative estimate of drug-likeness (QED) is 0.558. The van der Waals surface area contributed by atoms with Crippen molar-refractivity contribution in [2.75, 3.05) is 26.9 Å². The van der Waals surface area contributed by atoms with Gasteiger partial charge in [-0.2, -0.15) is 13.2 Å². The minimum Gasteiger partial charge on any atom is -0.473 e. The number of ether oxygens (including phenoxy) is 2. The molecule has 0 spiro atoms. The molecule has 2 fully saturated rings. The SMILES string of the molecule is COC(=O)[C@@H]1CCCN([C@@H]2CC[C@@](C(=O)N3COc4ccc(C(F)(F)F)cc4C3)(C(C)C)C2)CC1. The molecular weight excluding hydrogens is 461 g/mol. The summed E-state index contributed by atoms with van der Waals surface area (Å²) in [6.07, 6.45) is 0.362. The van der Waals surface area contributed by atoms with Crippen LogP contribution in [0.3, 0.4) is 0 Å². The first-order valence-electron chi connectivity index (χ1n) is 12.5. The standard InChI is InChI=1S/C26H35F3N2O4/c1-17(2)25(10-8-21(14-25)30-11-4-5-18(9-12-30)23(32)34-3)24(33)31-15-19-13-20(26(27,28)29)6-7-22(19)35-16-31/h6-7,13,17-18,21H,4-5,8-12,14-16H2,1-3H3/t18-,21-,25+/m1/s1. The lowest BCUT2D eigenvalue weighted by Gasteiger charge is -2.40. The van der Waals surface area contributed by atoms with Crippen LogP contribution in [-0.2, 0) is 27.0 Å². The molecule has 1 saturated carbocycles. The largest absolute Gasteiger partial charge is 0.473 e. The van der Waals surface area contributed by atoms with E-state index in [1.54, 1.807) is 4.90 Å². The molecule has 0 aromatic heterocycles. The number of carbonyl (C=O) groups is 2. The zero-order valence-corrected chi connectivity index (χ0v) is 20.7. The van der Waals surface area contributed by atoms with Crippen molar-refractivity contribution in [1.29, 1.82) is 0 Å². The molecule has 0 unspecified atom stereocenters. The number of nitrogens with zero attached hydrogens (tertiary/aromatic N) is 2. The van der Waals surface area contributed by atoms with Crippen LogP contribution in [0.25, 0.3) is 0 Å². The third-order valence-electron chi connectivity index (χ3n) is 8.28. The number of methoxy groups -OCH3 is 1. The van der Waals surface area contributed by atoms with Gasteiger partial charge in [0.1, 0.15) is 5.75 Å². The highest BCUT2D eigenvalue weighted by Gasteiger charge is 2.51. The fourth-order valence-corrected chi connectivity index (χ4v) is 6.08. The lowest BCUT2D eigenvalue weighted by Crippen LogP contribution is -2.49. The number of likely N-dealkylation sites (tertiary alicyclic amines) is 1. The van der Waals surface area contributed by atoms with Crippen molar-refractivity contribution in [3.05, 3.63) is 29.3 Å². The van der Waals surface area contributed by atoms with Crippen LogP contribution in [-0.4, -0.2) is 54.6 Å². The average molecular weight is 497 g/mol. The van der Waals surface area contributed by atoms with Crippen molar-refractivity contribution in [3.8, 4) is 5.75 Å². The summed E-state index contributed by atoms with van der Waals surface area (Å²) in [5, 5.41) is 0. The Morgan fingerprint density at radius 1 is 1.17 bits per heavy atom. The van der Waals surface area contributed by atoms with Gasteiger partial charge in [-0.05, 0) is 75.7 Å². The Labute approximate surface area is 204 Å². The first-order valence-corrected chi connectivity index (χ1v) is 12.5. The van der Waals surface area contributed by atoms with Crippen molar-refractivity contribution < 1.29 is 32.2 Å². The molecule has 2 heterocycles. The summed E-state index contributed by atoms with van der Waals surface area (Å²) < 4.78 is 50.3. The molecule has 1 aromatic carbocycles. The number of rotatable bonds is 4. The Kier molecular flexibility index (Phi) is 7.36. The number of carbonyl (C=O) groups excluding carboxylic acids is 2. The number of amides is 1. The number of alkyl halides is 3. The van der Waals surface area contributed by atoms with E-state index in [1.165, 1.54) is 13.2 Å². The molecule has 0 bridgehead atoms. The van der Waals surface area contributed by atoms with Gasteiger partial charge in [-0.3, -0.25) is 9.59 Å². The maximum absolute atomic E-state index is 13.9. The van der Waals surface area contributed by atoms with Gasteiger partial charge in [-0.25, -0.2) is 0 Å². The third kappa shape index (κ3) is 5.15. The smallest absolute Gasteiger partial charge is 0.416 e. The highest BCUT2D eigenvalue weighted by Crippen LogP contribution is 2.48. The molecule has 194 valence electrons. The minimum atomic E-state index is -4.45. The van der Waals surface area contributed by atoms with Crippen molar-refractivity contribution in [3.63, 3.8) is 0 Å². The molecule has 1 saturated heterocycles. The monoisotopic (exact) mass is 496 g/mol. The fourth-order valence-electron chi connectivity index (χ4n) is 6.08. The third-order valence-corrected chi connectivity index (χ3v) is 8.28. The molecule has 1 aromatic rings. The van der Waals surface area contributed by atoms with E-state index in [4.69, 9.17) is 9.47 Å². The first kappa shape index (κ1) is 25.8. The molecule has 1 amide bonds. The van der Waals surface area contributed by atoms with E-state index in [2.05, 4.69) is 18.7 Å². The summed E-state index contributed by atoms with van der Waals surface area (Å²) in [6.45, 7) is 5.95.